The summed E-state index contributed by atoms with van der Waals surface area (Å²) in [6, 6.07) is 16.9. The molecule has 0 aliphatic rings. The minimum absolute atomic E-state index is 0.359. The highest BCUT2D eigenvalue weighted by Gasteiger charge is 2.12. The zero-order valence-corrected chi connectivity index (χ0v) is 10.5. The van der Waals surface area contributed by atoms with Gasteiger partial charge in [0.2, 0.25) is 0 Å². The predicted octanol–water partition coefficient (Wildman–Crippen LogP) is 4.21. The SMILES string of the molecule is O=c1cc(-c2ccccc2)c2c(ccc3ccoc32)o1. The van der Waals surface area contributed by atoms with E-state index in [2.05, 4.69) is 0 Å². The summed E-state index contributed by atoms with van der Waals surface area (Å²) in [6.07, 6.45) is 1.64. The first kappa shape index (κ1) is 11.1. The van der Waals surface area contributed by atoms with Crippen molar-refractivity contribution in [2.75, 3.05) is 0 Å². The van der Waals surface area contributed by atoms with Gasteiger partial charge >= 0.3 is 5.63 Å². The van der Waals surface area contributed by atoms with Gasteiger partial charge in [0.15, 0.2) is 0 Å². The van der Waals surface area contributed by atoms with Crippen molar-refractivity contribution in [2.24, 2.45) is 0 Å². The van der Waals surface area contributed by atoms with Gasteiger partial charge in [-0.25, -0.2) is 4.79 Å². The van der Waals surface area contributed by atoms with E-state index in [1.54, 1.807) is 12.3 Å². The van der Waals surface area contributed by atoms with E-state index in [1.165, 1.54) is 6.07 Å². The van der Waals surface area contributed by atoms with Gasteiger partial charge in [-0.2, -0.15) is 0 Å². The summed E-state index contributed by atoms with van der Waals surface area (Å²) in [4.78, 5) is 11.8. The fourth-order valence-electron chi connectivity index (χ4n) is 2.53. The number of hydrogen-bond donors (Lipinski definition) is 0. The van der Waals surface area contributed by atoms with Gasteiger partial charge in [0.05, 0.1) is 11.6 Å². The van der Waals surface area contributed by atoms with Gasteiger partial charge in [0.25, 0.3) is 0 Å². The molecule has 0 N–H and O–H groups in total. The molecule has 2 aromatic heterocycles. The van der Waals surface area contributed by atoms with Crippen LogP contribution in [0.3, 0.4) is 0 Å². The van der Waals surface area contributed by atoms with Crippen LogP contribution in [-0.2, 0) is 0 Å². The fourth-order valence-corrected chi connectivity index (χ4v) is 2.53. The molecule has 3 nitrogen and oxygen atoms in total. The standard InChI is InChI=1S/C17H10O3/c18-15-10-13(11-4-2-1-3-5-11)16-14(20-15)7-6-12-8-9-19-17(12)16/h1-10H. The lowest BCUT2D eigenvalue weighted by atomic mass is 10.0. The highest BCUT2D eigenvalue weighted by atomic mass is 16.4. The molecule has 0 fully saturated rings. The van der Waals surface area contributed by atoms with Crippen molar-refractivity contribution in [1.82, 2.24) is 0 Å². The van der Waals surface area contributed by atoms with Crippen LogP contribution in [0.15, 0.2) is 74.5 Å². The van der Waals surface area contributed by atoms with Crippen LogP contribution in [0, 0.1) is 0 Å². The van der Waals surface area contributed by atoms with Gasteiger partial charge in [-0.1, -0.05) is 30.3 Å². The molecule has 0 spiro atoms. The number of hydrogen-bond acceptors (Lipinski definition) is 3. The Labute approximate surface area is 114 Å². The molecule has 96 valence electrons. The Hall–Kier alpha value is -2.81. The molecule has 0 saturated carbocycles. The Morgan fingerprint density at radius 3 is 2.60 bits per heavy atom. The molecule has 0 atom stereocenters. The summed E-state index contributed by atoms with van der Waals surface area (Å²) in [5, 5.41) is 1.82. The summed E-state index contributed by atoms with van der Waals surface area (Å²) >= 11 is 0. The highest BCUT2D eigenvalue weighted by Crippen LogP contribution is 2.33. The van der Waals surface area contributed by atoms with E-state index < -0.39 is 0 Å². The minimum atomic E-state index is -0.359. The predicted molar refractivity (Wildman–Crippen MR) is 77.7 cm³/mol. The molecule has 4 rings (SSSR count). The van der Waals surface area contributed by atoms with Gasteiger partial charge in [-0.05, 0) is 23.8 Å². The highest BCUT2D eigenvalue weighted by molar-refractivity contribution is 6.09. The van der Waals surface area contributed by atoms with E-state index in [0.717, 1.165) is 27.5 Å². The van der Waals surface area contributed by atoms with Crippen LogP contribution < -0.4 is 5.63 Å². The third-order valence-corrected chi connectivity index (χ3v) is 3.41. The molecule has 2 heterocycles. The summed E-state index contributed by atoms with van der Waals surface area (Å²) in [5.41, 5.74) is 2.72. The van der Waals surface area contributed by atoms with Crippen molar-refractivity contribution < 1.29 is 8.83 Å². The van der Waals surface area contributed by atoms with Crippen LogP contribution in [0.25, 0.3) is 33.1 Å². The number of rotatable bonds is 1. The molecule has 0 aliphatic carbocycles. The molecular weight excluding hydrogens is 252 g/mol. The Balaban J connectivity index is 2.23. The van der Waals surface area contributed by atoms with Crippen LogP contribution in [0.2, 0.25) is 0 Å². The molecule has 4 aromatic rings. The largest absolute Gasteiger partial charge is 0.464 e. The second-order valence-electron chi connectivity index (χ2n) is 4.62. The Kier molecular flexibility index (Phi) is 2.27. The molecule has 0 saturated heterocycles. The lowest BCUT2D eigenvalue weighted by Gasteiger charge is -2.05. The molecule has 2 aromatic carbocycles. The molecule has 0 radical (unpaired) electrons. The zero-order chi connectivity index (χ0) is 13.5. The monoisotopic (exact) mass is 262 g/mol. The summed E-state index contributed by atoms with van der Waals surface area (Å²) in [5.74, 6) is 0. The van der Waals surface area contributed by atoms with Crippen molar-refractivity contribution >= 4 is 21.9 Å². The molecule has 0 bridgehead atoms. The molecule has 0 amide bonds. The van der Waals surface area contributed by atoms with E-state index in [9.17, 15) is 4.79 Å². The first-order chi connectivity index (χ1) is 9.83. The first-order valence-electron chi connectivity index (χ1n) is 6.32. The minimum Gasteiger partial charge on any atom is -0.464 e. The van der Waals surface area contributed by atoms with E-state index in [-0.39, 0.29) is 5.63 Å². The van der Waals surface area contributed by atoms with E-state index in [1.807, 2.05) is 42.5 Å². The quantitative estimate of drug-likeness (QED) is 0.483. The maximum Gasteiger partial charge on any atom is 0.336 e. The number of benzene rings is 2. The van der Waals surface area contributed by atoms with Gasteiger partial charge in [-0.15, -0.1) is 0 Å². The fraction of sp³-hybridized carbons (Fsp3) is 0. The van der Waals surface area contributed by atoms with Crippen LogP contribution in [0.1, 0.15) is 0 Å². The van der Waals surface area contributed by atoms with Crippen LogP contribution in [0.4, 0.5) is 0 Å². The van der Waals surface area contributed by atoms with Gasteiger partial charge in [-0.3, -0.25) is 0 Å². The van der Waals surface area contributed by atoms with Gasteiger partial charge in [0, 0.05) is 17.0 Å². The smallest absolute Gasteiger partial charge is 0.336 e. The zero-order valence-electron chi connectivity index (χ0n) is 10.5. The van der Waals surface area contributed by atoms with Crippen molar-refractivity contribution in [3.8, 4) is 11.1 Å². The van der Waals surface area contributed by atoms with Gasteiger partial charge in [0.1, 0.15) is 11.2 Å². The maximum absolute atomic E-state index is 11.8. The third-order valence-electron chi connectivity index (χ3n) is 3.41. The average Bonchev–Trinajstić information content (AvgIpc) is 2.95. The van der Waals surface area contributed by atoms with E-state index >= 15 is 0 Å². The Morgan fingerprint density at radius 1 is 0.900 bits per heavy atom. The van der Waals surface area contributed by atoms with E-state index in [0.29, 0.717) is 5.58 Å². The molecule has 3 heteroatoms. The Bertz CT molecular complexity index is 962. The van der Waals surface area contributed by atoms with Crippen LogP contribution >= 0.6 is 0 Å². The maximum atomic E-state index is 11.8. The van der Waals surface area contributed by atoms with Crippen molar-refractivity contribution in [3.05, 3.63) is 71.3 Å². The average molecular weight is 262 g/mol. The summed E-state index contributed by atoms with van der Waals surface area (Å²) in [6.45, 7) is 0. The van der Waals surface area contributed by atoms with Crippen LogP contribution in [0.5, 0.6) is 0 Å². The summed E-state index contributed by atoms with van der Waals surface area (Å²) in [7, 11) is 0. The van der Waals surface area contributed by atoms with Crippen molar-refractivity contribution in [1.29, 1.82) is 0 Å². The van der Waals surface area contributed by atoms with Crippen LogP contribution in [-0.4, -0.2) is 0 Å². The topological polar surface area (TPSA) is 43.4 Å². The van der Waals surface area contributed by atoms with E-state index in [4.69, 9.17) is 8.83 Å². The molecule has 20 heavy (non-hydrogen) atoms. The molecule has 0 aliphatic heterocycles. The van der Waals surface area contributed by atoms with Gasteiger partial charge < -0.3 is 8.83 Å². The molecular formula is C17H10O3. The summed E-state index contributed by atoms with van der Waals surface area (Å²) < 4.78 is 10.9. The second-order valence-corrected chi connectivity index (χ2v) is 4.62. The molecule has 0 unspecified atom stereocenters. The normalized spacial score (nSPS) is 11.2. The lowest BCUT2D eigenvalue weighted by molar-refractivity contribution is 0.560. The number of furan rings is 1. The number of fused-ring (bicyclic) bond motifs is 3. The third kappa shape index (κ3) is 1.57. The lowest BCUT2D eigenvalue weighted by Crippen LogP contribution is -1.98. The Morgan fingerprint density at radius 2 is 1.75 bits per heavy atom. The first-order valence-corrected chi connectivity index (χ1v) is 6.32. The second kappa shape index (κ2) is 4.10. The van der Waals surface area contributed by atoms with Crippen molar-refractivity contribution in [2.45, 2.75) is 0 Å². The van der Waals surface area contributed by atoms with Crippen molar-refractivity contribution in [3.63, 3.8) is 0 Å².